The van der Waals surface area contributed by atoms with Crippen LogP contribution in [0.25, 0.3) is 10.9 Å². The van der Waals surface area contributed by atoms with Gasteiger partial charge in [-0.3, -0.25) is 4.79 Å². The van der Waals surface area contributed by atoms with Crippen molar-refractivity contribution in [3.63, 3.8) is 0 Å². The third-order valence-electron chi connectivity index (χ3n) is 5.63. The van der Waals surface area contributed by atoms with Gasteiger partial charge < -0.3 is 29.8 Å². The Bertz CT molecular complexity index is 1350. The van der Waals surface area contributed by atoms with Gasteiger partial charge in [-0.05, 0) is 30.2 Å². The molecule has 0 aliphatic carbocycles. The number of carbonyl (C=O) groups excluding carboxylic acids is 1. The lowest BCUT2D eigenvalue weighted by molar-refractivity contribution is 0.0954. The number of aromatic nitrogens is 1. The normalized spacial score (nSPS) is 10.8. The van der Waals surface area contributed by atoms with Crippen molar-refractivity contribution in [2.45, 2.75) is 6.42 Å². The average molecular weight is 481 g/mol. The highest BCUT2D eigenvalue weighted by molar-refractivity contribution is 6.00. The Balaban J connectivity index is 1.57. The van der Waals surface area contributed by atoms with E-state index in [-0.39, 0.29) is 11.3 Å². The van der Waals surface area contributed by atoms with Crippen LogP contribution >= 0.6 is 0 Å². The monoisotopic (exact) mass is 481 g/mol. The van der Waals surface area contributed by atoms with Gasteiger partial charge in [0.2, 0.25) is 5.75 Å². The average Bonchev–Trinajstić information content (AvgIpc) is 3.29. The summed E-state index contributed by atoms with van der Waals surface area (Å²) < 4.78 is 44.8. The summed E-state index contributed by atoms with van der Waals surface area (Å²) in [6.07, 6.45) is 2.46. The molecule has 1 aromatic heterocycles. The largest absolute Gasteiger partial charge is 0.493 e. The minimum atomic E-state index is -1.18. The molecule has 7 nitrogen and oxygen atoms in total. The molecule has 35 heavy (non-hydrogen) atoms. The van der Waals surface area contributed by atoms with Crippen LogP contribution < -0.4 is 24.8 Å². The number of hydrogen-bond donors (Lipinski definition) is 3. The van der Waals surface area contributed by atoms with E-state index in [9.17, 15) is 13.6 Å². The predicted octanol–water partition coefficient (Wildman–Crippen LogP) is 5.19. The van der Waals surface area contributed by atoms with Gasteiger partial charge in [0.1, 0.15) is 0 Å². The van der Waals surface area contributed by atoms with Crippen LogP contribution in [0, 0.1) is 11.6 Å². The van der Waals surface area contributed by atoms with Gasteiger partial charge in [0, 0.05) is 41.5 Å². The van der Waals surface area contributed by atoms with Crippen molar-refractivity contribution in [1.82, 2.24) is 10.3 Å². The Hall–Kier alpha value is -4.27. The zero-order valence-corrected chi connectivity index (χ0v) is 19.5. The molecular weight excluding hydrogens is 456 g/mol. The van der Waals surface area contributed by atoms with Crippen LogP contribution in [-0.2, 0) is 6.42 Å². The molecule has 0 atom stereocenters. The molecule has 0 bridgehead atoms. The van der Waals surface area contributed by atoms with Crippen molar-refractivity contribution in [3.05, 3.63) is 77.5 Å². The van der Waals surface area contributed by atoms with Crippen molar-refractivity contribution in [3.8, 4) is 17.2 Å². The number of aromatic amines is 1. The molecule has 0 fully saturated rings. The molecule has 0 unspecified atom stereocenters. The van der Waals surface area contributed by atoms with Crippen LogP contribution in [0.3, 0.4) is 0 Å². The molecule has 1 amide bonds. The second-order valence-electron chi connectivity index (χ2n) is 7.69. The fourth-order valence-electron chi connectivity index (χ4n) is 3.90. The van der Waals surface area contributed by atoms with Gasteiger partial charge in [-0.1, -0.05) is 18.2 Å². The van der Waals surface area contributed by atoms with Gasteiger partial charge in [-0.25, -0.2) is 8.78 Å². The Morgan fingerprint density at radius 1 is 0.971 bits per heavy atom. The summed E-state index contributed by atoms with van der Waals surface area (Å²) >= 11 is 0. The number of para-hydroxylation sites is 1. The zero-order chi connectivity index (χ0) is 24.9. The second-order valence-corrected chi connectivity index (χ2v) is 7.69. The smallest absolute Gasteiger partial charge is 0.253 e. The van der Waals surface area contributed by atoms with E-state index in [1.54, 1.807) is 0 Å². The molecule has 1 heterocycles. The van der Waals surface area contributed by atoms with E-state index < -0.39 is 17.5 Å². The van der Waals surface area contributed by atoms with Crippen LogP contribution in [0.4, 0.5) is 20.2 Å². The van der Waals surface area contributed by atoms with Gasteiger partial charge in [0.15, 0.2) is 23.1 Å². The lowest BCUT2D eigenvalue weighted by Gasteiger charge is -2.17. The van der Waals surface area contributed by atoms with Gasteiger partial charge in [-0.2, -0.15) is 0 Å². The summed E-state index contributed by atoms with van der Waals surface area (Å²) in [6.45, 7) is 0.309. The number of carbonyl (C=O) groups is 1. The maximum absolute atomic E-state index is 14.8. The van der Waals surface area contributed by atoms with Crippen molar-refractivity contribution >= 4 is 28.2 Å². The molecule has 4 rings (SSSR count). The molecule has 182 valence electrons. The predicted molar refractivity (Wildman–Crippen MR) is 130 cm³/mol. The number of H-pyrrole nitrogens is 1. The minimum Gasteiger partial charge on any atom is -0.493 e. The lowest BCUT2D eigenvalue weighted by Crippen LogP contribution is -2.26. The number of fused-ring (bicyclic) bond motifs is 1. The number of ether oxygens (including phenoxy) is 3. The molecule has 4 aromatic rings. The molecule has 0 spiro atoms. The first-order chi connectivity index (χ1) is 17.0. The Morgan fingerprint density at radius 2 is 1.69 bits per heavy atom. The van der Waals surface area contributed by atoms with Crippen LogP contribution in [-0.4, -0.2) is 38.8 Å². The third-order valence-corrected chi connectivity index (χ3v) is 5.63. The first kappa shape index (κ1) is 23.9. The maximum Gasteiger partial charge on any atom is 0.253 e. The summed E-state index contributed by atoms with van der Waals surface area (Å²) in [5.41, 5.74) is 2.02. The highest BCUT2D eigenvalue weighted by Gasteiger charge is 2.21. The van der Waals surface area contributed by atoms with E-state index in [2.05, 4.69) is 15.6 Å². The van der Waals surface area contributed by atoms with E-state index in [1.807, 2.05) is 30.5 Å². The molecule has 0 radical (unpaired) electrons. The fourth-order valence-corrected chi connectivity index (χ4v) is 3.90. The lowest BCUT2D eigenvalue weighted by atomic mass is 10.1. The Labute approximate surface area is 201 Å². The second kappa shape index (κ2) is 10.3. The molecule has 3 aromatic carbocycles. The first-order valence-electron chi connectivity index (χ1n) is 10.8. The summed E-state index contributed by atoms with van der Waals surface area (Å²) in [7, 11) is 4.34. The van der Waals surface area contributed by atoms with E-state index in [0.717, 1.165) is 22.5 Å². The topological polar surface area (TPSA) is 84.6 Å². The summed E-state index contributed by atoms with van der Waals surface area (Å²) in [6, 6.07) is 13.1. The molecule has 9 heteroatoms. The first-order valence-corrected chi connectivity index (χ1v) is 10.8. The minimum absolute atomic E-state index is 0.0448. The zero-order valence-electron chi connectivity index (χ0n) is 19.5. The van der Waals surface area contributed by atoms with Crippen molar-refractivity contribution in [2.24, 2.45) is 0 Å². The van der Waals surface area contributed by atoms with E-state index in [1.165, 1.54) is 39.5 Å². The van der Waals surface area contributed by atoms with Crippen LogP contribution in [0.1, 0.15) is 15.9 Å². The van der Waals surface area contributed by atoms with Gasteiger partial charge in [0.05, 0.1) is 32.6 Å². The van der Waals surface area contributed by atoms with Crippen molar-refractivity contribution < 1.29 is 27.8 Å². The Morgan fingerprint density at radius 3 is 2.37 bits per heavy atom. The van der Waals surface area contributed by atoms with Crippen molar-refractivity contribution in [1.29, 1.82) is 0 Å². The van der Waals surface area contributed by atoms with Gasteiger partial charge >= 0.3 is 0 Å². The van der Waals surface area contributed by atoms with Gasteiger partial charge in [-0.15, -0.1) is 0 Å². The summed E-state index contributed by atoms with van der Waals surface area (Å²) in [5.74, 6) is -1.83. The van der Waals surface area contributed by atoms with E-state index in [4.69, 9.17) is 14.2 Å². The maximum atomic E-state index is 14.8. The quantitative estimate of drug-likeness (QED) is 0.307. The standard InChI is InChI=1S/C26H25F2N3O4/c1-33-21-12-16(13-22(34-2)25(21)35-3)31-24-18(8-9-19(27)23(24)28)26(32)29-11-10-15-14-30-20-7-5-4-6-17(15)20/h4-9,12-14,30-31H,10-11H2,1-3H3,(H,29,32). The molecular formula is C26H25F2N3O4. The number of amides is 1. The Kier molecular flexibility index (Phi) is 7.05. The number of benzene rings is 3. The highest BCUT2D eigenvalue weighted by atomic mass is 19.2. The van der Waals surface area contributed by atoms with Crippen LogP contribution in [0.15, 0.2) is 54.7 Å². The number of anilines is 2. The summed E-state index contributed by atoms with van der Waals surface area (Å²) in [5, 5.41) is 6.65. The van der Waals surface area contributed by atoms with Crippen LogP contribution in [0.2, 0.25) is 0 Å². The number of hydrogen-bond acceptors (Lipinski definition) is 5. The van der Waals surface area contributed by atoms with Crippen molar-refractivity contribution in [2.75, 3.05) is 33.2 Å². The molecule has 3 N–H and O–H groups in total. The molecule has 0 saturated carbocycles. The van der Waals surface area contributed by atoms with E-state index in [0.29, 0.717) is 35.9 Å². The van der Waals surface area contributed by atoms with Gasteiger partial charge in [0.25, 0.3) is 5.91 Å². The number of methoxy groups -OCH3 is 3. The highest BCUT2D eigenvalue weighted by Crippen LogP contribution is 2.41. The SMILES string of the molecule is COc1cc(Nc2c(C(=O)NCCc3c[nH]c4ccccc34)ccc(F)c2F)cc(OC)c1OC. The molecule has 0 aliphatic rings. The van der Waals surface area contributed by atoms with Crippen LogP contribution in [0.5, 0.6) is 17.2 Å². The third kappa shape index (κ3) is 4.84. The number of rotatable bonds is 9. The fraction of sp³-hybridized carbons (Fsp3) is 0.192. The van der Waals surface area contributed by atoms with E-state index >= 15 is 0 Å². The number of halogens is 2. The summed E-state index contributed by atoms with van der Waals surface area (Å²) in [4.78, 5) is 16.1. The molecule has 0 saturated heterocycles. The number of nitrogens with one attached hydrogen (secondary N) is 3. The molecule has 0 aliphatic heterocycles.